The van der Waals surface area contributed by atoms with Crippen LogP contribution in [0.3, 0.4) is 0 Å². The van der Waals surface area contributed by atoms with Crippen LogP contribution in [-0.4, -0.2) is 40.4 Å². The van der Waals surface area contributed by atoms with E-state index in [0.717, 1.165) is 12.8 Å². The molecule has 0 spiro atoms. The molecule has 0 radical (unpaired) electrons. The van der Waals surface area contributed by atoms with Gasteiger partial charge in [0.25, 0.3) is 7.82 Å². The van der Waals surface area contributed by atoms with Crippen molar-refractivity contribution in [2.24, 2.45) is 0 Å². The van der Waals surface area contributed by atoms with Gasteiger partial charge in [-0.25, -0.2) is 4.79 Å². The van der Waals surface area contributed by atoms with Gasteiger partial charge in [0.2, 0.25) is 0 Å². The standard InChI is InChI=1S/C20H40O4.K.H3O4P/c1-3-5-6-7-8-9-10-11-12-13-14-15-16-17-20(23-4-2)24-18-19(21)22;;1-5(2,3)4/h20H,3-18H2,1-2H3,(H,21,22);;(H3,1,2,3,4)/q;+1;/p-1. The van der Waals surface area contributed by atoms with Crippen molar-refractivity contribution in [3.63, 3.8) is 0 Å². The molecule has 0 amide bonds. The maximum absolute atomic E-state index is 10.5. The number of hydrogen-bond acceptors (Lipinski definition) is 5. The predicted octanol–water partition coefficient (Wildman–Crippen LogP) is 1.37. The van der Waals surface area contributed by atoms with Crippen molar-refractivity contribution < 1.29 is 90.0 Å². The van der Waals surface area contributed by atoms with Gasteiger partial charge in [-0.3, -0.25) is 4.57 Å². The Hall–Kier alpha value is 1.14. The summed E-state index contributed by atoms with van der Waals surface area (Å²) in [6.45, 7) is 4.45. The molecule has 0 heterocycles. The summed E-state index contributed by atoms with van der Waals surface area (Å²) in [4.78, 5) is 33.4. The molecule has 0 saturated carbocycles. The Morgan fingerprint density at radius 1 is 0.833 bits per heavy atom. The average molecular weight is 481 g/mol. The number of ether oxygens (including phenoxy) is 2. The first-order chi connectivity index (χ1) is 13.7. The molecular formula is C20H42KO8P. The quantitative estimate of drug-likeness (QED) is 0.109. The summed E-state index contributed by atoms with van der Waals surface area (Å²) in [5.74, 6) is -0.940. The van der Waals surface area contributed by atoms with Crippen molar-refractivity contribution in [1.29, 1.82) is 0 Å². The van der Waals surface area contributed by atoms with Crippen LogP contribution in [0.4, 0.5) is 0 Å². The minimum atomic E-state index is -4.89. The van der Waals surface area contributed by atoms with E-state index in [1.807, 2.05) is 6.92 Å². The van der Waals surface area contributed by atoms with Crippen molar-refractivity contribution in [1.82, 2.24) is 0 Å². The van der Waals surface area contributed by atoms with Crippen LogP contribution in [0.1, 0.15) is 104 Å². The maximum Gasteiger partial charge on any atom is 1.00 e. The zero-order valence-electron chi connectivity index (χ0n) is 19.2. The molecule has 0 aromatic heterocycles. The van der Waals surface area contributed by atoms with Crippen LogP contribution >= 0.6 is 7.82 Å². The van der Waals surface area contributed by atoms with Crippen LogP contribution in [0.5, 0.6) is 0 Å². The van der Waals surface area contributed by atoms with Gasteiger partial charge >= 0.3 is 57.4 Å². The molecule has 0 rings (SSSR count). The maximum atomic E-state index is 10.5. The first kappa shape index (κ1) is 35.7. The van der Waals surface area contributed by atoms with Crippen molar-refractivity contribution in [3.8, 4) is 0 Å². The van der Waals surface area contributed by atoms with Gasteiger partial charge in [-0.05, 0) is 19.8 Å². The molecule has 10 heteroatoms. The van der Waals surface area contributed by atoms with E-state index >= 15 is 0 Å². The minimum absolute atomic E-state index is 0. The molecule has 0 saturated heterocycles. The van der Waals surface area contributed by atoms with E-state index in [1.165, 1.54) is 77.0 Å². The third-order valence-corrected chi connectivity index (χ3v) is 4.29. The first-order valence-electron chi connectivity index (χ1n) is 10.9. The summed E-state index contributed by atoms with van der Waals surface area (Å²) in [6, 6.07) is 0. The largest absolute Gasteiger partial charge is 1.00 e. The van der Waals surface area contributed by atoms with Crippen LogP contribution in [0.25, 0.3) is 0 Å². The molecule has 176 valence electrons. The Kier molecular flexibility index (Phi) is 31.4. The molecule has 0 bridgehead atoms. The van der Waals surface area contributed by atoms with Gasteiger partial charge < -0.3 is 29.3 Å². The second-order valence-electron chi connectivity index (χ2n) is 7.11. The zero-order valence-corrected chi connectivity index (χ0v) is 23.2. The van der Waals surface area contributed by atoms with E-state index in [9.17, 15) is 4.79 Å². The van der Waals surface area contributed by atoms with E-state index in [2.05, 4.69) is 6.92 Å². The number of aliphatic carboxylic acids is 1. The van der Waals surface area contributed by atoms with Crippen LogP contribution in [0.2, 0.25) is 0 Å². The third-order valence-electron chi connectivity index (χ3n) is 4.29. The minimum Gasteiger partial charge on any atom is -0.756 e. The Balaban J connectivity index is -0.00000108. The van der Waals surface area contributed by atoms with Crippen molar-refractivity contribution in [2.75, 3.05) is 13.2 Å². The van der Waals surface area contributed by atoms with Crippen LogP contribution in [0, 0.1) is 0 Å². The van der Waals surface area contributed by atoms with E-state index in [0.29, 0.717) is 6.61 Å². The molecule has 0 aliphatic heterocycles. The summed E-state index contributed by atoms with van der Waals surface area (Å²) in [7, 11) is -4.89. The van der Waals surface area contributed by atoms with Crippen molar-refractivity contribution in [3.05, 3.63) is 0 Å². The Bertz CT molecular complexity index is 398. The van der Waals surface area contributed by atoms with Crippen LogP contribution < -0.4 is 56.3 Å². The van der Waals surface area contributed by atoms with Gasteiger partial charge in [-0.1, -0.05) is 84.0 Å². The summed E-state index contributed by atoms with van der Waals surface area (Å²) in [6.07, 6.45) is 17.7. The number of carboxylic acids is 1. The van der Waals surface area contributed by atoms with Gasteiger partial charge in [-0.2, -0.15) is 0 Å². The molecule has 1 atom stereocenters. The van der Waals surface area contributed by atoms with Crippen molar-refractivity contribution in [2.45, 2.75) is 110 Å². The molecule has 0 aliphatic carbocycles. The third kappa shape index (κ3) is 39.6. The van der Waals surface area contributed by atoms with Crippen LogP contribution in [0.15, 0.2) is 0 Å². The number of unbranched alkanes of at least 4 members (excludes halogenated alkanes) is 12. The predicted molar refractivity (Wildman–Crippen MR) is 111 cm³/mol. The smallest absolute Gasteiger partial charge is 0.756 e. The fourth-order valence-electron chi connectivity index (χ4n) is 2.89. The molecule has 8 nitrogen and oxygen atoms in total. The summed E-state index contributed by atoms with van der Waals surface area (Å²) in [5, 5.41) is 8.63. The average Bonchev–Trinajstić information content (AvgIpc) is 2.62. The topological polar surface area (TPSA) is 136 Å². The normalized spacial score (nSPS) is 11.9. The van der Waals surface area contributed by atoms with E-state index < -0.39 is 13.8 Å². The van der Waals surface area contributed by atoms with E-state index in [4.69, 9.17) is 33.8 Å². The van der Waals surface area contributed by atoms with Crippen LogP contribution in [-0.2, 0) is 18.8 Å². The van der Waals surface area contributed by atoms with E-state index in [1.54, 1.807) is 0 Å². The first-order valence-corrected chi connectivity index (χ1v) is 12.4. The number of phosphoric acid groups is 1. The molecule has 0 aliphatic rings. The monoisotopic (exact) mass is 480 g/mol. The Morgan fingerprint density at radius 2 is 1.20 bits per heavy atom. The van der Waals surface area contributed by atoms with Gasteiger partial charge in [0.1, 0.15) is 6.61 Å². The molecular weight excluding hydrogens is 438 g/mol. The van der Waals surface area contributed by atoms with E-state index in [-0.39, 0.29) is 64.3 Å². The molecule has 0 fully saturated rings. The van der Waals surface area contributed by atoms with Gasteiger partial charge in [0.05, 0.1) is 0 Å². The Labute approximate surface area is 225 Å². The summed E-state index contributed by atoms with van der Waals surface area (Å²) in [5.41, 5.74) is 0. The fraction of sp³-hybridized carbons (Fsp3) is 0.950. The van der Waals surface area contributed by atoms with Crippen molar-refractivity contribution >= 4 is 13.8 Å². The molecule has 3 N–H and O–H groups in total. The Morgan fingerprint density at radius 3 is 1.53 bits per heavy atom. The summed E-state index contributed by atoms with van der Waals surface area (Å²) < 4.78 is 19.4. The fourth-order valence-corrected chi connectivity index (χ4v) is 2.89. The second kappa shape index (κ2) is 26.4. The van der Waals surface area contributed by atoms with Gasteiger partial charge in [-0.15, -0.1) is 0 Å². The van der Waals surface area contributed by atoms with Gasteiger partial charge in [0, 0.05) is 6.61 Å². The van der Waals surface area contributed by atoms with Gasteiger partial charge in [0.15, 0.2) is 6.29 Å². The number of carboxylic acid groups (broad SMARTS) is 1. The number of rotatable bonds is 19. The SMILES string of the molecule is CCCCCCCCCCCCCCCC(OCC)OCC(=O)O.O=P([O-])(O)O.[K+]. The molecule has 0 aromatic carbocycles. The second-order valence-corrected chi connectivity index (χ2v) is 8.09. The number of carbonyl (C=O) groups is 1. The zero-order chi connectivity index (χ0) is 22.4. The molecule has 30 heavy (non-hydrogen) atoms. The number of hydrogen-bond donors (Lipinski definition) is 3. The molecule has 0 aromatic rings. The summed E-state index contributed by atoms with van der Waals surface area (Å²) >= 11 is 0. The molecule has 1 unspecified atom stereocenters.